The maximum atomic E-state index is 12.8. The van der Waals surface area contributed by atoms with Gasteiger partial charge in [-0.15, -0.1) is 0 Å². The number of hydrogen-bond acceptors (Lipinski definition) is 6. The Bertz CT molecular complexity index is 754. The predicted molar refractivity (Wildman–Crippen MR) is 92.2 cm³/mol. The first-order valence-corrected chi connectivity index (χ1v) is 8.32. The van der Waals surface area contributed by atoms with Gasteiger partial charge in [0.05, 0.1) is 10.6 Å². The lowest BCUT2D eigenvalue weighted by molar-refractivity contribution is -0.384. The number of nitro groups is 1. The number of rotatable bonds is 4. The van der Waals surface area contributed by atoms with Crippen molar-refractivity contribution in [2.75, 3.05) is 37.6 Å². The fourth-order valence-electron chi connectivity index (χ4n) is 3.01. The highest BCUT2D eigenvalue weighted by atomic mass is 35.5. The van der Waals surface area contributed by atoms with Gasteiger partial charge in [-0.3, -0.25) is 19.7 Å². The Labute approximate surface area is 149 Å². The SMILES string of the molecule is CCN1CCN(C2=C(Cl)C(=O)N(c3ccc([N+](=O)[O-])cc3)C2=O)CC1. The average Bonchev–Trinajstić information content (AvgIpc) is 2.84. The normalized spacial score (nSPS) is 19.1. The minimum absolute atomic E-state index is 0.103. The summed E-state index contributed by atoms with van der Waals surface area (Å²) in [5.74, 6) is -1.10. The van der Waals surface area contributed by atoms with Gasteiger partial charge < -0.3 is 9.80 Å². The van der Waals surface area contributed by atoms with E-state index in [1.54, 1.807) is 0 Å². The molecule has 2 aliphatic rings. The molecule has 1 fully saturated rings. The average molecular weight is 365 g/mol. The second-order valence-electron chi connectivity index (χ2n) is 5.80. The molecule has 25 heavy (non-hydrogen) atoms. The van der Waals surface area contributed by atoms with Gasteiger partial charge in [0.15, 0.2) is 0 Å². The molecule has 0 bridgehead atoms. The van der Waals surface area contributed by atoms with E-state index in [0.29, 0.717) is 13.1 Å². The van der Waals surface area contributed by atoms with Crippen molar-refractivity contribution in [3.05, 3.63) is 45.1 Å². The van der Waals surface area contributed by atoms with Crippen LogP contribution in [0.4, 0.5) is 11.4 Å². The molecule has 2 aliphatic heterocycles. The van der Waals surface area contributed by atoms with Gasteiger partial charge in [-0.1, -0.05) is 18.5 Å². The summed E-state index contributed by atoms with van der Waals surface area (Å²) < 4.78 is 0. The molecule has 0 spiro atoms. The van der Waals surface area contributed by atoms with Crippen LogP contribution in [0.15, 0.2) is 35.0 Å². The number of piperazine rings is 1. The van der Waals surface area contributed by atoms with Crippen LogP contribution < -0.4 is 4.90 Å². The first-order valence-electron chi connectivity index (χ1n) is 7.94. The summed E-state index contributed by atoms with van der Waals surface area (Å²) in [6.07, 6.45) is 0. The standard InChI is InChI=1S/C16H17ClN4O4/c1-2-18-7-9-19(10-8-18)14-13(17)15(22)20(16(14)23)11-3-5-12(6-4-11)21(24)25/h3-6H,2,7-10H2,1H3. The number of amides is 2. The van der Waals surface area contributed by atoms with Crippen molar-refractivity contribution in [1.82, 2.24) is 9.80 Å². The number of hydrogen-bond donors (Lipinski definition) is 0. The third kappa shape index (κ3) is 3.10. The molecule has 0 atom stereocenters. The van der Waals surface area contributed by atoms with E-state index in [4.69, 9.17) is 11.6 Å². The van der Waals surface area contributed by atoms with E-state index < -0.39 is 16.7 Å². The Balaban J connectivity index is 1.83. The van der Waals surface area contributed by atoms with E-state index in [1.807, 2.05) is 4.90 Å². The molecule has 8 nitrogen and oxygen atoms in total. The van der Waals surface area contributed by atoms with Crippen LogP contribution in [-0.4, -0.2) is 59.3 Å². The Morgan fingerprint density at radius 1 is 1.08 bits per heavy atom. The van der Waals surface area contributed by atoms with E-state index >= 15 is 0 Å². The summed E-state index contributed by atoms with van der Waals surface area (Å²) in [5.41, 5.74) is 0.361. The first kappa shape index (κ1) is 17.4. The molecule has 9 heteroatoms. The molecule has 0 unspecified atom stereocenters. The zero-order valence-corrected chi connectivity index (χ0v) is 14.4. The van der Waals surface area contributed by atoms with Crippen LogP contribution in [-0.2, 0) is 9.59 Å². The van der Waals surface area contributed by atoms with Crippen molar-refractivity contribution in [2.45, 2.75) is 6.92 Å². The number of benzene rings is 1. The van der Waals surface area contributed by atoms with Crippen LogP contribution >= 0.6 is 11.6 Å². The van der Waals surface area contributed by atoms with Gasteiger partial charge in [0.25, 0.3) is 17.5 Å². The van der Waals surface area contributed by atoms with Crippen molar-refractivity contribution in [2.24, 2.45) is 0 Å². The summed E-state index contributed by atoms with van der Waals surface area (Å²) >= 11 is 6.16. The van der Waals surface area contributed by atoms with Crippen LogP contribution in [0.2, 0.25) is 0 Å². The minimum Gasteiger partial charge on any atom is -0.363 e. The number of non-ortho nitro benzene ring substituents is 1. The molecule has 1 saturated heterocycles. The van der Waals surface area contributed by atoms with E-state index in [-0.39, 0.29) is 22.1 Å². The number of carbonyl (C=O) groups is 2. The first-order chi connectivity index (χ1) is 11.9. The molecule has 0 radical (unpaired) electrons. The monoisotopic (exact) mass is 364 g/mol. The molecule has 132 valence electrons. The van der Waals surface area contributed by atoms with E-state index in [0.717, 1.165) is 24.5 Å². The summed E-state index contributed by atoms with van der Waals surface area (Å²) in [7, 11) is 0. The van der Waals surface area contributed by atoms with Crippen LogP contribution in [0.1, 0.15) is 6.92 Å². The lowest BCUT2D eigenvalue weighted by Gasteiger charge is -2.35. The van der Waals surface area contributed by atoms with E-state index in [2.05, 4.69) is 11.8 Å². The third-order valence-corrected chi connectivity index (χ3v) is 4.80. The van der Waals surface area contributed by atoms with Crippen LogP contribution in [0.5, 0.6) is 0 Å². The van der Waals surface area contributed by atoms with E-state index in [9.17, 15) is 19.7 Å². The molecule has 2 heterocycles. The van der Waals surface area contributed by atoms with Crippen molar-refractivity contribution in [1.29, 1.82) is 0 Å². The van der Waals surface area contributed by atoms with Crippen molar-refractivity contribution >= 4 is 34.8 Å². The summed E-state index contributed by atoms with van der Waals surface area (Å²) in [5, 5.41) is 10.6. The molecule has 1 aromatic rings. The summed E-state index contributed by atoms with van der Waals surface area (Å²) in [6.45, 7) is 5.83. The Morgan fingerprint density at radius 3 is 2.20 bits per heavy atom. The number of imide groups is 1. The number of anilines is 1. The molecule has 0 aromatic heterocycles. The predicted octanol–water partition coefficient (Wildman–Crippen LogP) is 1.56. The molecule has 1 aromatic carbocycles. The lowest BCUT2D eigenvalue weighted by Crippen LogP contribution is -2.47. The van der Waals surface area contributed by atoms with E-state index in [1.165, 1.54) is 24.3 Å². The number of nitrogens with zero attached hydrogens (tertiary/aromatic N) is 4. The molecular formula is C16H17ClN4O4. The molecule has 0 N–H and O–H groups in total. The Hall–Kier alpha value is -2.45. The molecule has 0 aliphatic carbocycles. The van der Waals surface area contributed by atoms with Crippen LogP contribution in [0.3, 0.4) is 0 Å². The number of likely N-dealkylation sites (N-methyl/N-ethyl adjacent to an activating group) is 1. The number of halogens is 1. The fraction of sp³-hybridized carbons (Fsp3) is 0.375. The Kier molecular flexibility index (Phi) is 4.73. The zero-order valence-electron chi connectivity index (χ0n) is 13.6. The number of nitro benzene ring substituents is 1. The summed E-state index contributed by atoms with van der Waals surface area (Å²) in [4.78, 5) is 40.5. The van der Waals surface area contributed by atoms with Gasteiger partial charge >= 0.3 is 0 Å². The van der Waals surface area contributed by atoms with Gasteiger partial charge in [0, 0.05) is 38.3 Å². The third-order valence-electron chi connectivity index (χ3n) is 4.46. The van der Waals surface area contributed by atoms with Gasteiger partial charge in [0.2, 0.25) is 0 Å². The van der Waals surface area contributed by atoms with Gasteiger partial charge in [-0.25, -0.2) is 4.90 Å². The second kappa shape index (κ2) is 6.81. The zero-order chi connectivity index (χ0) is 18.1. The largest absolute Gasteiger partial charge is 0.363 e. The molecule has 2 amide bonds. The van der Waals surface area contributed by atoms with Gasteiger partial charge in [0.1, 0.15) is 10.7 Å². The maximum Gasteiger partial charge on any atom is 0.283 e. The second-order valence-corrected chi connectivity index (χ2v) is 6.18. The van der Waals surface area contributed by atoms with Crippen molar-refractivity contribution in [3.63, 3.8) is 0 Å². The fourth-order valence-corrected chi connectivity index (χ4v) is 3.30. The van der Waals surface area contributed by atoms with Crippen molar-refractivity contribution < 1.29 is 14.5 Å². The highest BCUT2D eigenvalue weighted by Crippen LogP contribution is 2.32. The molecular weight excluding hydrogens is 348 g/mol. The minimum atomic E-state index is -0.603. The topological polar surface area (TPSA) is 87.0 Å². The van der Waals surface area contributed by atoms with Crippen LogP contribution in [0, 0.1) is 10.1 Å². The summed E-state index contributed by atoms with van der Waals surface area (Å²) in [6, 6.07) is 5.25. The lowest BCUT2D eigenvalue weighted by atomic mass is 10.2. The molecule has 0 saturated carbocycles. The maximum absolute atomic E-state index is 12.8. The quantitative estimate of drug-likeness (QED) is 0.457. The Morgan fingerprint density at radius 2 is 1.68 bits per heavy atom. The molecule has 3 rings (SSSR count). The van der Waals surface area contributed by atoms with Gasteiger partial charge in [-0.2, -0.15) is 0 Å². The van der Waals surface area contributed by atoms with Gasteiger partial charge in [-0.05, 0) is 18.7 Å². The smallest absolute Gasteiger partial charge is 0.283 e. The van der Waals surface area contributed by atoms with Crippen molar-refractivity contribution in [3.8, 4) is 0 Å². The number of carbonyl (C=O) groups excluding carboxylic acids is 2. The highest BCUT2D eigenvalue weighted by molar-refractivity contribution is 6.52. The van der Waals surface area contributed by atoms with Crippen LogP contribution in [0.25, 0.3) is 0 Å². The highest BCUT2D eigenvalue weighted by Gasteiger charge is 2.41.